The Labute approximate surface area is 384 Å². The summed E-state index contributed by atoms with van der Waals surface area (Å²) in [6.07, 6.45) is 0. The van der Waals surface area contributed by atoms with Crippen LogP contribution in [-0.4, -0.2) is 62.7 Å². The highest BCUT2D eigenvalue weighted by atomic mass is 35.5. The quantitative estimate of drug-likeness (QED) is 0.0605. The van der Waals surface area contributed by atoms with E-state index in [0.29, 0.717) is 35.0 Å². The lowest BCUT2D eigenvalue weighted by Crippen LogP contribution is -2.45. The van der Waals surface area contributed by atoms with Crippen LogP contribution in [0.3, 0.4) is 0 Å². The van der Waals surface area contributed by atoms with Crippen LogP contribution in [0.25, 0.3) is 0 Å². The van der Waals surface area contributed by atoms with Crippen LogP contribution in [0, 0.1) is 0 Å². The fourth-order valence-corrected chi connectivity index (χ4v) is 6.42. The first kappa shape index (κ1) is 48.9. The molecule has 322 valence electrons. The standard InChI is InChI=1S/C21H20BNO3.C14H10B2Cl2O5.C14H15N/c24-21(19-11-13-20(14-12-19)22(25)26)23(15-17-7-3-1-4-8-17)16-18-9-5-2-6-10-18;17-13(19)9-1-5-11(6-2-9)15(21)23-16(22)12-7-3-10(4-8-12)14(18)20;1-3-7-13(8-4-1)11-15-12-14-9-5-2-6-10-14/h1-14,25-26H,15-16H2;1-8,21-22H;1-10,15H,11-12H2. The van der Waals surface area contributed by atoms with E-state index in [-0.39, 0.29) is 17.0 Å². The third-order valence-electron chi connectivity index (χ3n) is 9.62. The first-order chi connectivity index (χ1) is 31.0. The third kappa shape index (κ3) is 16.2. The van der Waals surface area contributed by atoms with Crippen LogP contribution in [0.1, 0.15) is 53.3 Å². The Morgan fingerprint density at radius 3 is 1.08 bits per heavy atom. The van der Waals surface area contributed by atoms with E-state index in [2.05, 4.69) is 53.8 Å². The SMILES string of the molecule is O=C(Cl)c1ccc(B(O)OB(O)c2ccc(C(=O)Cl)cc2)cc1.O=C(c1ccc(B(O)O)cc1)N(Cc1ccccc1)Cc1ccccc1.c1ccc(CNCc2ccccc2)cc1. The van der Waals surface area contributed by atoms with Gasteiger partial charge in [0.1, 0.15) is 0 Å². The lowest BCUT2D eigenvalue weighted by molar-refractivity contribution is 0.0729. The Bertz CT molecular complexity index is 2340. The van der Waals surface area contributed by atoms with E-state index in [9.17, 15) is 34.5 Å². The van der Waals surface area contributed by atoms with E-state index in [4.69, 9.17) is 27.8 Å². The Morgan fingerprint density at radius 2 is 0.750 bits per heavy atom. The van der Waals surface area contributed by atoms with Crippen molar-refractivity contribution in [1.29, 1.82) is 0 Å². The van der Waals surface area contributed by atoms with E-state index in [1.807, 2.05) is 72.8 Å². The maximum absolute atomic E-state index is 13.0. The Morgan fingerprint density at radius 1 is 0.438 bits per heavy atom. The van der Waals surface area contributed by atoms with Gasteiger partial charge in [-0.1, -0.05) is 182 Å². The van der Waals surface area contributed by atoms with Crippen molar-refractivity contribution in [2.45, 2.75) is 26.2 Å². The van der Waals surface area contributed by atoms with E-state index < -0.39 is 31.8 Å². The molecule has 0 bridgehead atoms. The first-order valence-corrected chi connectivity index (χ1v) is 21.0. The molecule has 0 saturated heterocycles. The monoisotopic (exact) mass is 892 g/mol. The molecule has 7 rings (SSSR count). The third-order valence-corrected chi connectivity index (χ3v) is 10.1. The molecule has 7 aromatic rings. The number of nitrogens with zero attached hydrogens (tertiary/aromatic N) is 1. The maximum atomic E-state index is 13.0. The minimum atomic E-state index is -1.54. The number of benzene rings is 7. The van der Waals surface area contributed by atoms with Gasteiger partial charge in [-0.15, -0.1) is 0 Å². The number of carbonyl (C=O) groups excluding carboxylic acids is 3. The highest BCUT2D eigenvalue weighted by molar-refractivity contribution is 6.73. The molecule has 0 aliphatic heterocycles. The summed E-state index contributed by atoms with van der Waals surface area (Å²) < 4.78 is 5.10. The second-order valence-corrected chi connectivity index (χ2v) is 15.0. The average molecular weight is 893 g/mol. The molecule has 0 atom stereocenters. The van der Waals surface area contributed by atoms with Crippen molar-refractivity contribution >= 4 is 77.3 Å². The molecule has 15 heteroatoms. The fraction of sp³-hybridized carbons (Fsp3) is 0.0816. The predicted octanol–water partition coefficient (Wildman–Crippen LogP) is 5.72. The van der Waals surface area contributed by atoms with E-state index in [1.54, 1.807) is 29.2 Å². The lowest BCUT2D eigenvalue weighted by Gasteiger charge is -2.23. The van der Waals surface area contributed by atoms with Gasteiger partial charge in [0.2, 0.25) is 0 Å². The van der Waals surface area contributed by atoms with Gasteiger partial charge in [0.05, 0.1) is 0 Å². The van der Waals surface area contributed by atoms with Crippen molar-refractivity contribution < 1.29 is 39.1 Å². The largest absolute Gasteiger partial charge is 0.488 e. The van der Waals surface area contributed by atoms with Gasteiger partial charge in [-0.3, -0.25) is 14.4 Å². The Balaban J connectivity index is 0.000000187. The zero-order valence-electron chi connectivity index (χ0n) is 34.7. The molecule has 64 heavy (non-hydrogen) atoms. The maximum Gasteiger partial charge on any atom is 0.488 e. The molecule has 1 amide bonds. The molecule has 0 saturated carbocycles. The normalized spacial score (nSPS) is 10.3. The van der Waals surface area contributed by atoms with E-state index in [1.165, 1.54) is 59.7 Å². The summed E-state index contributed by atoms with van der Waals surface area (Å²) in [4.78, 5) is 36.7. The zero-order chi connectivity index (χ0) is 45.7. The number of hydrogen-bond acceptors (Lipinski definition) is 9. The van der Waals surface area contributed by atoms with Gasteiger partial charge in [-0.25, -0.2) is 0 Å². The summed E-state index contributed by atoms with van der Waals surface area (Å²) in [5.41, 5.74) is 6.89. The van der Waals surface area contributed by atoms with Crippen LogP contribution in [0.15, 0.2) is 194 Å². The number of nitrogens with one attached hydrogen (secondary N) is 1. The highest BCUT2D eigenvalue weighted by Crippen LogP contribution is 2.14. The van der Waals surface area contributed by atoms with Crippen molar-refractivity contribution in [3.63, 3.8) is 0 Å². The fourth-order valence-electron chi connectivity index (χ4n) is 6.17. The van der Waals surface area contributed by atoms with Crippen molar-refractivity contribution in [1.82, 2.24) is 10.2 Å². The molecule has 0 spiro atoms. The number of halogens is 2. The first-order valence-electron chi connectivity index (χ1n) is 20.2. The van der Waals surface area contributed by atoms with Gasteiger partial charge in [-0.2, -0.15) is 0 Å². The summed E-state index contributed by atoms with van der Waals surface area (Å²) >= 11 is 10.7. The van der Waals surface area contributed by atoms with E-state index >= 15 is 0 Å². The van der Waals surface area contributed by atoms with Crippen LogP contribution in [0.5, 0.6) is 0 Å². The summed E-state index contributed by atoms with van der Waals surface area (Å²) in [6, 6.07) is 58.6. The molecule has 0 aliphatic carbocycles. The molecule has 0 unspecified atom stereocenters. The molecule has 5 N–H and O–H groups in total. The van der Waals surface area contributed by atoms with Gasteiger partial charge in [0.15, 0.2) is 0 Å². The summed E-state index contributed by atoms with van der Waals surface area (Å²) in [5.74, 6) is -0.100. The highest BCUT2D eigenvalue weighted by Gasteiger charge is 2.26. The molecule has 0 aromatic heterocycles. The molecular weight excluding hydrogens is 848 g/mol. The van der Waals surface area contributed by atoms with E-state index in [0.717, 1.165) is 24.2 Å². The number of carbonyl (C=O) groups is 3. The summed E-state index contributed by atoms with van der Waals surface area (Å²) in [7, 11) is -4.35. The number of rotatable bonds is 16. The Kier molecular flexibility index (Phi) is 19.8. The molecule has 0 radical (unpaired) electrons. The zero-order valence-corrected chi connectivity index (χ0v) is 36.2. The topological polar surface area (TPSA) is 157 Å². The predicted molar refractivity (Wildman–Crippen MR) is 256 cm³/mol. The molecule has 10 nitrogen and oxygen atoms in total. The van der Waals surface area contributed by atoms with Gasteiger partial charge < -0.3 is 34.9 Å². The van der Waals surface area contributed by atoms with Gasteiger partial charge in [0.25, 0.3) is 16.4 Å². The molecular formula is C49H45B3Cl2N2O8. The lowest BCUT2D eigenvalue weighted by atomic mass is 9.71. The van der Waals surface area contributed by atoms with Crippen molar-refractivity contribution in [3.8, 4) is 0 Å². The smallest absolute Gasteiger partial charge is 0.443 e. The van der Waals surface area contributed by atoms with Crippen molar-refractivity contribution in [2.24, 2.45) is 0 Å². The Hall–Kier alpha value is -6.12. The summed E-state index contributed by atoms with van der Waals surface area (Å²) in [6.45, 7) is 2.85. The minimum absolute atomic E-state index is 0.100. The van der Waals surface area contributed by atoms with Gasteiger partial charge >= 0.3 is 21.4 Å². The van der Waals surface area contributed by atoms with Crippen LogP contribution in [0.4, 0.5) is 0 Å². The second-order valence-electron chi connectivity index (χ2n) is 14.3. The number of hydrogen-bond donors (Lipinski definition) is 5. The van der Waals surface area contributed by atoms with Crippen molar-refractivity contribution in [2.75, 3.05) is 0 Å². The van der Waals surface area contributed by atoms with Crippen LogP contribution in [-0.2, 0) is 30.8 Å². The number of amides is 1. The van der Waals surface area contributed by atoms with Crippen molar-refractivity contribution in [3.05, 3.63) is 233 Å². The summed E-state index contributed by atoms with van der Waals surface area (Å²) in [5, 5.41) is 40.5. The second kappa shape index (κ2) is 25.9. The molecule has 0 fully saturated rings. The molecule has 0 aliphatic rings. The average Bonchev–Trinajstić information content (AvgIpc) is 3.33. The van der Waals surface area contributed by atoms with Gasteiger partial charge in [-0.05, 0) is 74.0 Å². The van der Waals surface area contributed by atoms with Crippen LogP contribution < -0.4 is 21.7 Å². The van der Waals surface area contributed by atoms with Crippen LogP contribution >= 0.6 is 23.2 Å². The van der Waals surface area contributed by atoms with Gasteiger partial charge in [0, 0.05) is 42.9 Å². The minimum Gasteiger partial charge on any atom is -0.443 e. The molecule has 7 aromatic carbocycles. The van der Waals surface area contributed by atoms with Crippen LogP contribution in [0.2, 0.25) is 0 Å². The molecule has 0 heterocycles.